The first-order valence-corrected chi connectivity index (χ1v) is 11.6. The van der Waals surface area contributed by atoms with E-state index in [4.69, 9.17) is 9.47 Å². The molecule has 1 N–H and O–H groups in total. The number of fused-ring (bicyclic) bond motifs is 5. The van der Waals surface area contributed by atoms with E-state index < -0.39 is 0 Å². The molecule has 4 aliphatic rings. The van der Waals surface area contributed by atoms with Crippen LogP contribution in [0.15, 0.2) is 0 Å². The van der Waals surface area contributed by atoms with Crippen LogP contribution in [0.4, 0.5) is 0 Å². The number of carbonyl (C=O) groups excluding carboxylic acids is 1. The van der Waals surface area contributed by atoms with Crippen LogP contribution in [0.5, 0.6) is 0 Å². The van der Waals surface area contributed by atoms with Gasteiger partial charge in [-0.25, -0.2) is 0 Å². The molecule has 4 heteroatoms. The molecule has 0 amide bonds. The molecular weight excluding hydrogens is 352 g/mol. The summed E-state index contributed by atoms with van der Waals surface area (Å²) in [6, 6.07) is 0. The predicted octanol–water partition coefficient (Wildman–Crippen LogP) is 4.24. The Morgan fingerprint density at radius 1 is 1.04 bits per heavy atom. The molecule has 0 heterocycles. The molecule has 0 radical (unpaired) electrons. The van der Waals surface area contributed by atoms with Gasteiger partial charge in [0.25, 0.3) is 0 Å². The zero-order valence-electron chi connectivity index (χ0n) is 18.3. The molecule has 0 aromatic heterocycles. The maximum absolute atomic E-state index is 12.3. The Labute approximate surface area is 170 Å². The first-order valence-electron chi connectivity index (χ1n) is 11.6. The highest BCUT2D eigenvalue weighted by Gasteiger charge is 2.61. The number of hydrogen-bond donors (Lipinski definition) is 1. The third kappa shape index (κ3) is 3.18. The molecule has 0 spiro atoms. The Morgan fingerprint density at radius 2 is 1.79 bits per heavy atom. The normalized spacial score (nSPS) is 50.5. The SMILES string of the molecule is COCCOC1C[C@@]2(C)C(CC[C@H]3[C@@H]4CC[C@H](C(C)=O)[C@@]4(C)CC[C@@H]32)CC1O. The van der Waals surface area contributed by atoms with Crippen molar-refractivity contribution >= 4 is 5.78 Å². The molecule has 9 atom stereocenters. The Balaban J connectivity index is 1.54. The van der Waals surface area contributed by atoms with Crippen molar-refractivity contribution in [2.24, 2.45) is 40.4 Å². The van der Waals surface area contributed by atoms with E-state index in [-0.39, 0.29) is 29.0 Å². The zero-order chi connectivity index (χ0) is 20.1. The van der Waals surface area contributed by atoms with Gasteiger partial charge >= 0.3 is 0 Å². The van der Waals surface area contributed by atoms with Gasteiger partial charge in [0, 0.05) is 13.0 Å². The fourth-order valence-corrected chi connectivity index (χ4v) is 8.37. The maximum Gasteiger partial charge on any atom is 0.133 e. The van der Waals surface area contributed by atoms with Gasteiger partial charge in [-0.1, -0.05) is 13.8 Å². The van der Waals surface area contributed by atoms with Crippen LogP contribution in [-0.2, 0) is 14.3 Å². The molecule has 0 aromatic rings. The zero-order valence-corrected chi connectivity index (χ0v) is 18.3. The molecule has 28 heavy (non-hydrogen) atoms. The van der Waals surface area contributed by atoms with Crippen molar-refractivity contribution in [2.45, 2.75) is 84.3 Å². The predicted molar refractivity (Wildman–Crippen MR) is 109 cm³/mol. The van der Waals surface area contributed by atoms with Crippen LogP contribution in [-0.4, -0.2) is 43.4 Å². The van der Waals surface area contributed by atoms with Crippen LogP contribution < -0.4 is 0 Å². The third-order valence-electron chi connectivity index (χ3n) is 9.77. The number of ether oxygens (including phenoxy) is 2. The van der Waals surface area contributed by atoms with Crippen LogP contribution in [0, 0.1) is 40.4 Å². The van der Waals surface area contributed by atoms with E-state index in [1.54, 1.807) is 7.11 Å². The van der Waals surface area contributed by atoms with Gasteiger partial charge in [-0.15, -0.1) is 0 Å². The van der Waals surface area contributed by atoms with E-state index in [0.717, 1.165) is 31.1 Å². The second-order valence-electron chi connectivity index (χ2n) is 10.9. The smallest absolute Gasteiger partial charge is 0.133 e. The molecule has 4 aliphatic carbocycles. The average molecular weight is 393 g/mol. The summed E-state index contributed by atoms with van der Waals surface area (Å²) in [4.78, 5) is 12.3. The standard InChI is InChI=1S/C24H40O4/c1-15(25)18-7-8-19-17-6-5-16-13-21(26)22(28-12-11-27-4)14-24(16,3)20(17)9-10-23(18,19)2/h16-22,26H,5-14H2,1-4H3/t16?,17-,18+,19-,20-,21?,22?,23+,24-/m0/s1. The van der Waals surface area contributed by atoms with E-state index >= 15 is 0 Å². The highest BCUT2D eigenvalue weighted by molar-refractivity contribution is 5.79. The molecule has 160 valence electrons. The van der Waals surface area contributed by atoms with Crippen LogP contribution in [0.1, 0.15) is 72.1 Å². The van der Waals surface area contributed by atoms with Crippen molar-refractivity contribution in [1.29, 1.82) is 0 Å². The molecule has 0 bridgehead atoms. The largest absolute Gasteiger partial charge is 0.390 e. The lowest BCUT2D eigenvalue weighted by Gasteiger charge is -2.61. The van der Waals surface area contributed by atoms with E-state index in [0.29, 0.717) is 30.8 Å². The Kier molecular flexibility index (Phi) is 5.70. The summed E-state index contributed by atoms with van der Waals surface area (Å²) in [6.07, 6.45) is 8.76. The Morgan fingerprint density at radius 3 is 2.50 bits per heavy atom. The number of aliphatic hydroxyl groups excluding tert-OH is 1. The minimum Gasteiger partial charge on any atom is -0.390 e. The van der Waals surface area contributed by atoms with Crippen molar-refractivity contribution in [2.75, 3.05) is 20.3 Å². The highest BCUT2D eigenvalue weighted by Crippen LogP contribution is 2.67. The molecule has 4 nitrogen and oxygen atoms in total. The van der Waals surface area contributed by atoms with Crippen molar-refractivity contribution in [3.63, 3.8) is 0 Å². The number of aliphatic hydroxyl groups is 1. The molecular formula is C24H40O4. The van der Waals surface area contributed by atoms with Crippen LogP contribution in [0.25, 0.3) is 0 Å². The number of methoxy groups -OCH3 is 1. The number of Topliss-reactive ketones (excluding diaryl/α,β-unsaturated/α-hetero) is 1. The maximum atomic E-state index is 12.3. The molecule has 0 aliphatic heterocycles. The molecule has 3 unspecified atom stereocenters. The number of rotatable bonds is 5. The fourth-order valence-electron chi connectivity index (χ4n) is 8.37. The first-order chi connectivity index (χ1) is 13.3. The van der Waals surface area contributed by atoms with Crippen molar-refractivity contribution in [3.8, 4) is 0 Å². The summed E-state index contributed by atoms with van der Waals surface area (Å²) in [7, 11) is 1.69. The van der Waals surface area contributed by atoms with Gasteiger partial charge in [0.15, 0.2) is 0 Å². The summed E-state index contributed by atoms with van der Waals surface area (Å²) in [6.45, 7) is 7.87. The number of ketones is 1. The number of hydrogen-bond acceptors (Lipinski definition) is 4. The summed E-state index contributed by atoms with van der Waals surface area (Å²) in [5.41, 5.74) is 0.480. The fraction of sp³-hybridized carbons (Fsp3) is 0.958. The van der Waals surface area contributed by atoms with Crippen LogP contribution >= 0.6 is 0 Å². The van der Waals surface area contributed by atoms with Gasteiger partial charge in [-0.05, 0) is 92.8 Å². The molecule has 0 saturated heterocycles. The summed E-state index contributed by atoms with van der Waals surface area (Å²) >= 11 is 0. The highest BCUT2D eigenvalue weighted by atomic mass is 16.5. The van der Waals surface area contributed by atoms with Gasteiger partial charge in [0.05, 0.1) is 25.4 Å². The minimum atomic E-state index is -0.339. The average Bonchev–Trinajstić information content (AvgIpc) is 3.00. The lowest BCUT2D eigenvalue weighted by molar-refractivity contribution is -0.174. The lowest BCUT2D eigenvalue weighted by Crippen LogP contribution is -2.57. The summed E-state index contributed by atoms with van der Waals surface area (Å²) in [5, 5.41) is 10.7. The Bertz CT molecular complexity index is 591. The van der Waals surface area contributed by atoms with Gasteiger partial charge in [0.2, 0.25) is 0 Å². The van der Waals surface area contributed by atoms with Gasteiger partial charge in [-0.2, -0.15) is 0 Å². The van der Waals surface area contributed by atoms with Gasteiger partial charge in [-0.3, -0.25) is 4.79 Å². The van der Waals surface area contributed by atoms with Crippen molar-refractivity contribution in [1.82, 2.24) is 0 Å². The van der Waals surface area contributed by atoms with E-state index in [9.17, 15) is 9.90 Å². The first kappa shape index (κ1) is 20.8. The second kappa shape index (κ2) is 7.67. The van der Waals surface area contributed by atoms with Crippen molar-refractivity contribution in [3.05, 3.63) is 0 Å². The van der Waals surface area contributed by atoms with E-state index in [1.165, 1.54) is 32.1 Å². The molecule has 4 saturated carbocycles. The summed E-state index contributed by atoms with van der Waals surface area (Å²) < 4.78 is 11.2. The van der Waals surface area contributed by atoms with Gasteiger partial charge < -0.3 is 14.6 Å². The van der Waals surface area contributed by atoms with Crippen LogP contribution in [0.3, 0.4) is 0 Å². The summed E-state index contributed by atoms with van der Waals surface area (Å²) in [5.74, 6) is 3.48. The Hall–Kier alpha value is -0.450. The third-order valence-corrected chi connectivity index (χ3v) is 9.77. The van der Waals surface area contributed by atoms with Crippen LogP contribution in [0.2, 0.25) is 0 Å². The van der Waals surface area contributed by atoms with Crippen molar-refractivity contribution < 1.29 is 19.4 Å². The molecule has 4 rings (SSSR count). The van der Waals surface area contributed by atoms with Gasteiger partial charge in [0.1, 0.15) is 5.78 Å². The topological polar surface area (TPSA) is 55.8 Å². The number of carbonyl (C=O) groups is 1. The minimum absolute atomic E-state index is 0.0583. The lowest BCUT2D eigenvalue weighted by atomic mass is 9.44. The second-order valence-corrected chi connectivity index (χ2v) is 10.9. The molecule has 4 fully saturated rings. The monoisotopic (exact) mass is 392 g/mol. The van der Waals surface area contributed by atoms with E-state index in [2.05, 4.69) is 13.8 Å². The van der Waals surface area contributed by atoms with E-state index in [1.807, 2.05) is 6.92 Å². The molecule has 0 aromatic carbocycles. The quantitative estimate of drug-likeness (QED) is 0.711.